The predicted molar refractivity (Wildman–Crippen MR) is 406 cm³/mol. The molecule has 10 rings (SSSR count). The minimum atomic E-state index is -5.32. The maximum Gasteiger partial charge on any atom is 0.323 e. The number of hydrogen-bond acceptors (Lipinski definition) is 23. The number of amides is 8. The minimum Gasteiger partial charge on any atom is -0.343 e. The molecule has 38 nitrogen and oxygen atoms in total. The molecule has 0 saturated heterocycles. The second kappa shape index (κ2) is 32.3. The van der Waals surface area contributed by atoms with Crippen molar-refractivity contribution in [2.24, 2.45) is 0 Å². The number of nitrogens with one attached hydrogen (secondary N) is 8. The van der Waals surface area contributed by atoms with Crippen LogP contribution in [0.4, 0.5) is 38.9 Å². The lowest BCUT2D eigenvalue weighted by atomic mass is 10.0. The van der Waals surface area contributed by atoms with E-state index < -0.39 is 275 Å². The first-order valence-electron chi connectivity index (χ1n) is 32.2. The van der Waals surface area contributed by atoms with Gasteiger partial charge in [0.1, 0.15) is 29.4 Å². The number of Topliss-reactive ketones (excluding diaryl/α,β-unsaturated/α-hetero) is 2. The zero-order chi connectivity index (χ0) is 83.9. The number of aryl methyl sites for hydroxylation is 2. The SMILES string of the molecule is Cc1ccc2c(NC(=O)CNC(=O)c3cc(NC(=O)Nc4cc(C(=O)CCC(=O)Nc5ccc(S(=O)(=O)O)c6cc(C)cc(S(=O)(=O)O)c56)cc(C(=O)NCC(=O)Nc5cccc6cc(S(=O)(=O)O)cc(S(=O)(=O)O)c56)c4)cc(C(=O)CCC(=O)Nc4ccc(S(=O)(=O)O)c5cccc(S(=O)(=O)O)c45)c3)ccc(S(=O)(=O)O)c2c1. The van der Waals surface area contributed by atoms with E-state index in [9.17, 15) is 134 Å². The number of fused-ring (bicyclic) bond motifs is 4. The van der Waals surface area contributed by atoms with Crippen molar-refractivity contribution in [1.82, 2.24) is 10.6 Å². The largest absolute Gasteiger partial charge is 0.343 e. The molecule has 0 aliphatic carbocycles. The molecule has 10 aromatic rings. The van der Waals surface area contributed by atoms with Crippen molar-refractivity contribution in [2.45, 2.75) is 73.8 Å². The van der Waals surface area contributed by atoms with Gasteiger partial charge in [-0.25, -0.2) is 4.79 Å². The molecule has 0 unspecified atom stereocenters. The van der Waals surface area contributed by atoms with E-state index in [2.05, 4.69) is 42.5 Å². The topological polar surface area (TPSA) is 630 Å². The van der Waals surface area contributed by atoms with Gasteiger partial charge in [-0.2, -0.15) is 58.9 Å². The molecule has 0 atom stereocenters. The van der Waals surface area contributed by atoms with Gasteiger partial charge in [0, 0.05) is 103 Å². The molecule has 0 heterocycles. The Kier molecular flexibility index (Phi) is 23.9. The summed E-state index contributed by atoms with van der Waals surface area (Å²) >= 11 is 0. The third-order valence-corrected chi connectivity index (χ3v) is 23.0. The summed E-state index contributed by atoms with van der Waals surface area (Å²) in [5.41, 5.74) is -3.58. The molecule has 0 bridgehead atoms. The smallest absolute Gasteiger partial charge is 0.323 e. The van der Waals surface area contributed by atoms with Gasteiger partial charge in [-0.3, -0.25) is 70.2 Å². The summed E-state index contributed by atoms with van der Waals surface area (Å²) in [6, 6.07) is 23.9. The normalized spacial score (nSPS) is 12.2. The summed E-state index contributed by atoms with van der Waals surface area (Å²) in [5, 5.41) is 16.0. The highest BCUT2D eigenvalue weighted by Gasteiger charge is 2.30. The summed E-state index contributed by atoms with van der Waals surface area (Å²) in [6.07, 6.45) is -3.21. The van der Waals surface area contributed by atoms with E-state index >= 15 is 0 Å². The van der Waals surface area contributed by atoms with Gasteiger partial charge in [-0.1, -0.05) is 42.0 Å². The molecule has 0 radical (unpaired) electrons. The lowest BCUT2D eigenvalue weighted by Gasteiger charge is -2.15. The highest BCUT2D eigenvalue weighted by molar-refractivity contribution is 7.88. The summed E-state index contributed by atoms with van der Waals surface area (Å²) in [4.78, 5) is 119. The highest BCUT2D eigenvalue weighted by atomic mass is 32.2. The molecular weight excluding hydrogens is 1650 g/mol. The van der Waals surface area contributed by atoms with Crippen molar-refractivity contribution in [3.63, 3.8) is 0 Å². The monoisotopic (exact) mass is 1700 g/mol. The van der Waals surface area contributed by atoms with E-state index in [1.165, 1.54) is 25.1 Å². The Morgan fingerprint density at radius 2 is 0.702 bits per heavy atom. The van der Waals surface area contributed by atoms with Gasteiger partial charge < -0.3 is 42.5 Å². The summed E-state index contributed by atoms with van der Waals surface area (Å²) in [6.45, 7) is 1.06. The van der Waals surface area contributed by atoms with E-state index in [1.54, 1.807) is 13.0 Å². The molecule has 45 heteroatoms. The maximum absolute atomic E-state index is 14.3. The van der Waals surface area contributed by atoms with Crippen molar-refractivity contribution in [2.75, 3.05) is 45.0 Å². The number of ketones is 2. The Morgan fingerprint density at radius 1 is 0.298 bits per heavy atom. The average molecular weight is 1700 g/mol. The second-order valence-corrected chi connectivity index (χ2v) is 34.7. The first kappa shape index (κ1) is 84.5. The molecule has 15 N–H and O–H groups in total. The predicted octanol–water partition coefficient (Wildman–Crippen LogP) is 7.23. The number of anilines is 6. The number of hydrogen-bond donors (Lipinski definition) is 15. The Balaban J connectivity index is 0.948. The molecule has 10 aromatic carbocycles. The fourth-order valence-corrected chi connectivity index (χ4v) is 16.9. The number of carbonyl (C=O) groups is 9. The molecule has 0 aliphatic heterocycles. The van der Waals surface area contributed by atoms with Crippen LogP contribution in [0.25, 0.3) is 43.1 Å². The van der Waals surface area contributed by atoms with Crippen molar-refractivity contribution >= 4 is 201 Å². The van der Waals surface area contributed by atoms with Crippen molar-refractivity contribution in [3.8, 4) is 0 Å². The van der Waals surface area contributed by atoms with Crippen LogP contribution in [0, 0.1) is 13.8 Å². The fraction of sp³-hybridized carbons (Fsp3) is 0.116. The van der Waals surface area contributed by atoms with Gasteiger partial charge in [0.15, 0.2) is 11.6 Å². The zero-order valence-electron chi connectivity index (χ0n) is 58.1. The molecule has 0 saturated carbocycles. The lowest BCUT2D eigenvalue weighted by Crippen LogP contribution is -2.33. The first-order valence-corrected chi connectivity index (χ1v) is 42.3. The van der Waals surface area contributed by atoms with Gasteiger partial charge in [0.2, 0.25) is 23.6 Å². The van der Waals surface area contributed by atoms with E-state index in [4.69, 9.17) is 0 Å². The van der Waals surface area contributed by atoms with Gasteiger partial charge in [0.25, 0.3) is 82.6 Å². The van der Waals surface area contributed by atoms with Crippen molar-refractivity contribution in [3.05, 3.63) is 185 Å². The molecule has 114 heavy (non-hydrogen) atoms. The van der Waals surface area contributed by atoms with Crippen LogP contribution < -0.4 is 42.5 Å². The van der Waals surface area contributed by atoms with Crippen LogP contribution in [-0.4, -0.2) is 157 Å². The van der Waals surface area contributed by atoms with Crippen molar-refractivity contribution < 1.29 is 134 Å². The molecular formula is C69H58N8O30S7. The summed E-state index contributed by atoms with van der Waals surface area (Å²) in [5.74, 6) is -8.58. The summed E-state index contributed by atoms with van der Waals surface area (Å²) < 4.78 is 243. The van der Waals surface area contributed by atoms with Crippen LogP contribution in [0.1, 0.15) is 78.2 Å². The van der Waals surface area contributed by atoms with Gasteiger partial charge in [0.05, 0.1) is 35.0 Å². The van der Waals surface area contributed by atoms with Crippen LogP contribution in [0.3, 0.4) is 0 Å². The Hall–Kier alpha value is -12.0. The van der Waals surface area contributed by atoms with Gasteiger partial charge >= 0.3 is 6.03 Å². The number of rotatable bonds is 27. The molecule has 0 spiro atoms. The van der Waals surface area contributed by atoms with E-state index in [0.29, 0.717) is 11.6 Å². The molecule has 8 amide bonds. The van der Waals surface area contributed by atoms with E-state index in [0.717, 1.165) is 121 Å². The quantitative estimate of drug-likeness (QED) is 0.0178. The van der Waals surface area contributed by atoms with E-state index in [1.807, 2.05) is 0 Å². The standard InChI is InChI=1S/C69H58N8O30S7/c1-34-9-10-44-46(21-34)55(110(93,94)95)16-11-48(44)74-62(82)32-70-67(84)39-24-37(52(78)14-19-60(80)75-50-12-17-54(109(90,91)92)45-6-4-8-57(65(45)50)112(99,100)101)26-41(28-39)72-69(86)73-42-27-38(53(79)15-20-61(81)76-51-13-18-56(111(96,97)98)47-22-35(2)23-58(66(47)51)113(102,103)104)25-40(29-42)68(85)71-33-63(83)77-49-7-3-5-36-30-43(108(87,88)89)31-59(64(36)49)114(105,106)107/h3-13,16-18,21-31H,14-15,19-20,32-33H2,1-2H3,(H,70,84)(H,71,85)(H,74,82)(H,75,80)(H,76,81)(H,77,83)(H2,72,73,86)(H,87,88,89)(H,90,91,92)(H,93,94,95)(H,96,97,98)(H,99,100,101)(H,102,103,104)(H,105,106,107). The third kappa shape index (κ3) is 19.9. The molecule has 596 valence electrons. The van der Waals surface area contributed by atoms with Crippen molar-refractivity contribution in [1.29, 1.82) is 0 Å². The van der Waals surface area contributed by atoms with Crippen LogP contribution in [0.15, 0.2) is 186 Å². The number of carbonyl (C=O) groups excluding carboxylic acids is 9. The fourth-order valence-electron chi connectivity index (χ4n) is 11.9. The van der Waals surface area contributed by atoms with Crippen LogP contribution in [-0.2, 0) is 90.0 Å². The molecule has 0 fully saturated rings. The zero-order valence-corrected chi connectivity index (χ0v) is 63.8. The minimum absolute atomic E-state index is 0.00959. The Morgan fingerprint density at radius 3 is 1.18 bits per heavy atom. The Bertz CT molecular complexity index is 6760. The third-order valence-electron chi connectivity index (χ3n) is 16.8. The maximum atomic E-state index is 14.3. The van der Waals surface area contributed by atoms with Crippen LogP contribution in [0.2, 0.25) is 0 Å². The van der Waals surface area contributed by atoms with Crippen LogP contribution in [0.5, 0.6) is 0 Å². The van der Waals surface area contributed by atoms with Crippen LogP contribution >= 0.6 is 0 Å². The lowest BCUT2D eigenvalue weighted by molar-refractivity contribution is -0.117. The highest BCUT2D eigenvalue weighted by Crippen LogP contribution is 2.39. The molecule has 0 aromatic heterocycles. The second-order valence-electron chi connectivity index (χ2n) is 25.0. The molecule has 0 aliphatic rings. The van der Waals surface area contributed by atoms with E-state index in [-0.39, 0.29) is 27.4 Å². The van der Waals surface area contributed by atoms with Gasteiger partial charge in [-0.15, -0.1) is 0 Å². The number of urea groups is 1. The van der Waals surface area contributed by atoms with Gasteiger partial charge in [-0.05, 0) is 140 Å². The number of benzene rings is 10. The first-order chi connectivity index (χ1) is 52.9. The summed E-state index contributed by atoms with van der Waals surface area (Å²) in [7, 11) is -35.7. The Labute approximate surface area is 645 Å². The average Bonchev–Trinajstić information content (AvgIpc) is 0.701.